The van der Waals surface area contributed by atoms with Gasteiger partial charge in [0.1, 0.15) is 0 Å². The minimum atomic E-state index is -0.135. The molecule has 2 aromatic rings. The number of halogens is 1. The number of hydrogen-bond acceptors (Lipinski definition) is 2. The Hall–Kier alpha value is -1.81. The van der Waals surface area contributed by atoms with Gasteiger partial charge in [0.15, 0.2) is 0 Å². The van der Waals surface area contributed by atoms with Gasteiger partial charge in [-0.3, -0.25) is 4.79 Å². The Morgan fingerprint density at radius 3 is 2.58 bits per heavy atom. The van der Waals surface area contributed by atoms with Gasteiger partial charge in [-0.1, -0.05) is 6.07 Å². The molecule has 0 spiro atoms. The van der Waals surface area contributed by atoms with Gasteiger partial charge in [0, 0.05) is 15.7 Å². The lowest BCUT2D eigenvalue weighted by Crippen LogP contribution is -2.14. The van der Waals surface area contributed by atoms with Crippen molar-refractivity contribution in [3.63, 3.8) is 0 Å². The third-order valence-corrected chi connectivity index (χ3v) is 3.56. The number of nitrogens with one attached hydrogen (secondary N) is 1. The standard InChI is InChI=1S/C15H15BrN2O/c1-9-3-6-13(16)14(7-9)18-15(19)12-5-4-11(17)8-10(12)2/h3-8H,17H2,1-2H3,(H,18,19). The highest BCUT2D eigenvalue weighted by Crippen LogP contribution is 2.24. The maximum atomic E-state index is 12.2. The zero-order valence-electron chi connectivity index (χ0n) is 10.8. The van der Waals surface area contributed by atoms with Crippen LogP contribution < -0.4 is 11.1 Å². The smallest absolute Gasteiger partial charge is 0.255 e. The van der Waals surface area contributed by atoms with Gasteiger partial charge in [-0.2, -0.15) is 0 Å². The number of nitrogen functional groups attached to an aromatic ring is 1. The van der Waals surface area contributed by atoms with Crippen molar-refractivity contribution in [3.05, 3.63) is 57.6 Å². The summed E-state index contributed by atoms with van der Waals surface area (Å²) in [5.41, 5.74) is 9.69. The maximum Gasteiger partial charge on any atom is 0.255 e. The summed E-state index contributed by atoms with van der Waals surface area (Å²) in [5.74, 6) is -0.135. The van der Waals surface area contributed by atoms with Gasteiger partial charge in [-0.15, -0.1) is 0 Å². The first kappa shape index (κ1) is 13.6. The van der Waals surface area contributed by atoms with Crippen molar-refractivity contribution in [1.82, 2.24) is 0 Å². The summed E-state index contributed by atoms with van der Waals surface area (Å²) in [6.07, 6.45) is 0. The monoisotopic (exact) mass is 318 g/mol. The average Bonchev–Trinajstić information content (AvgIpc) is 2.33. The molecule has 0 radical (unpaired) electrons. The number of carbonyl (C=O) groups is 1. The molecule has 3 N–H and O–H groups in total. The third kappa shape index (κ3) is 3.15. The summed E-state index contributed by atoms with van der Waals surface area (Å²) in [7, 11) is 0. The van der Waals surface area contributed by atoms with Crippen LogP contribution in [0.2, 0.25) is 0 Å². The van der Waals surface area contributed by atoms with E-state index in [2.05, 4.69) is 21.2 Å². The van der Waals surface area contributed by atoms with E-state index in [1.165, 1.54) is 0 Å². The average molecular weight is 319 g/mol. The molecule has 2 rings (SSSR count). The zero-order chi connectivity index (χ0) is 14.0. The molecule has 0 aliphatic rings. The molecule has 0 unspecified atom stereocenters. The Kier molecular flexibility index (Phi) is 3.90. The molecule has 3 nitrogen and oxygen atoms in total. The van der Waals surface area contributed by atoms with Crippen LogP contribution in [0.3, 0.4) is 0 Å². The lowest BCUT2D eigenvalue weighted by Gasteiger charge is -2.10. The molecule has 0 heterocycles. The van der Waals surface area contributed by atoms with Crippen molar-refractivity contribution in [3.8, 4) is 0 Å². The Balaban J connectivity index is 2.28. The molecule has 4 heteroatoms. The molecule has 0 saturated carbocycles. The van der Waals surface area contributed by atoms with Gasteiger partial charge in [0.25, 0.3) is 5.91 Å². The molecular formula is C15H15BrN2O. The Morgan fingerprint density at radius 2 is 1.89 bits per heavy atom. The largest absolute Gasteiger partial charge is 0.399 e. The molecule has 0 bridgehead atoms. The quantitative estimate of drug-likeness (QED) is 0.825. The molecule has 0 saturated heterocycles. The minimum Gasteiger partial charge on any atom is -0.399 e. The van der Waals surface area contributed by atoms with Crippen LogP contribution >= 0.6 is 15.9 Å². The molecule has 0 aliphatic heterocycles. The second-order valence-electron chi connectivity index (χ2n) is 4.51. The number of benzene rings is 2. The number of hydrogen-bond donors (Lipinski definition) is 2. The first-order valence-electron chi connectivity index (χ1n) is 5.91. The van der Waals surface area contributed by atoms with Crippen molar-refractivity contribution in [2.75, 3.05) is 11.1 Å². The van der Waals surface area contributed by atoms with E-state index in [-0.39, 0.29) is 5.91 Å². The summed E-state index contributed by atoms with van der Waals surface area (Å²) < 4.78 is 0.861. The van der Waals surface area contributed by atoms with Gasteiger partial charge in [-0.05, 0) is 71.2 Å². The van der Waals surface area contributed by atoms with Crippen LogP contribution in [0.5, 0.6) is 0 Å². The number of nitrogens with two attached hydrogens (primary N) is 1. The summed E-state index contributed by atoms with van der Waals surface area (Å²) in [6, 6.07) is 11.1. The fourth-order valence-electron chi connectivity index (χ4n) is 1.87. The van der Waals surface area contributed by atoms with E-state index < -0.39 is 0 Å². The predicted molar refractivity (Wildman–Crippen MR) is 82.4 cm³/mol. The van der Waals surface area contributed by atoms with E-state index in [9.17, 15) is 4.79 Å². The predicted octanol–water partition coefficient (Wildman–Crippen LogP) is 3.90. The number of rotatable bonds is 2. The van der Waals surface area contributed by atoms with E-state index in [4.69, 9.17) is 5.73 Å². The highest BCUT2D eigenvalue weighted by atomic mass is 79.9. The molecule has 19 heavy (non-hydrogen) atoms. The Labute approximate surface area is 121 Å². The molecule has 0 atom stereocenters. The Morgan fingerprint density at radius 1 is 1.16 bits per heavy atom. The molecular weight excluding hydrogens is 304 g/mol. The molecule has 0 aliphatic carbocycles. The first-order valence-corrected chi connectivity index (χ1v) is 6.70. The number of carbonyl (C=O) groups excluding carboxylic acids is 1. The number of anilines is 2. The highest BCUT2D eigenvalue weighted by molar-refractivity contribution is 9.10. The normalized spacial score (nSPS) is 10.3. The lowest BCUT2D eigenvalue weighted by molar-refractivity contribution is 0.102. The summed E-state index contributed by atoms with van der Waals surface area (Å²) in [6.45, 7) is 3.85. The lowest BCUT2D eigenvalue weighted by atomic mass is 10.1. The van der Waals surface area contributed by atoms with Crippen LogP contribution in [0.25, 0.3) is 0 Å². The molecule has 98 valence electrons. The highest BCUT2D eigenvalue weighted by Gasteiger charge is 2.11. The first-order chi connectivity index (χ1) is 8.97. The summed E-state index contributed by atoms with van der Waals surface area (Å²) in [4.78, 5) is 12.2. The molecule has 0 fully saturated rings. The van der Waals surface area contributed by atoms with Crippen LogP contribution in [0.1, 0.15) is 21.5 Å². The van der Waals surface area contributed by atoms with Crippen molar-refractivity contribution >= 4 is 33.2 Å². The van der Waals surface area contributed by atoms with Crippen molar-refractivity contribution in [2.45, 2.75) is 13.8 Å². The van der Waals surface area contributed by atoms with Gasteiger partial charge in [-0.25, -0.2) is 0 Å². The maximum absolute atomic E-state index is 12.2. The van der Waals surface area contributed by atoms with Gasteiger partial charge < -0.3 is 11.1 Å². The van der Waals surface area contributed by atoms with Crippen LogP contribution in [-0.4, -0.2) is 5.91 Å². The fraction of sp³-hybridized carbons (Fsp3) is 0.133. The van der Waals surface area contributed by atoms with Gasteiger partial charge >= 0.3 is 0 Å². The van der Waals surface area contributed by atoms with Gasteiger partial charge in [0.2, 0.25) is 0 Å². The van der Waals surface area contributed by atoms with Gasteiger partial charge in [0.05, 0.1) is 5.69 Å². The van der Waals surface area contributed by atoms with Crippen LogP contribution in [0, 0.1) is 13.8 Å². The van der Waals surface area contributed by atoms with Crippen molar-refractivity contribution < 1.29 is 4.79 Å². The SMILES string of the molecule is Cc1ccc(Br)c(NC(=O)c2ccc(N)cc2C)c1. The van der Waals surface area contributed by atoms with Crippen LogP contribution in [0.4, 0.5) is 11.4 Å². The summed E-state index contributed by atoms with van der Waals surface area (Å²) >= 11 is 3.43. The summed E-state index contributed by atoms with van der Waals surface area (Å²) in [5, 5.41) is 2.90. The minimum absolute atomic E-state index is 0.135. The Bertz CT molecular complexity index is 638. The van der Waals surface area contributed by atoms with E-state index in [1.54, 1.807) is 18.2 Å². The second kappa shape index (κ2) is 5.45. The molecule has 1 amide bonds. The zero-order valence-corrected chi connectivity index (χ0v) is 12.4. The van der Waals surface area contributed by atoms with Crippen LogP contribution in [0.15, 0.2) is 40.9 Å². The second-order valence-corrected chi connectivity index (χ2v) is 5.37. The van der Waals surface area contributed by atoms with Crippen molar-refractivity contribution in [1.29, 1.82) is 0 Å². The molecule has 0 aromatic heterocycles. The van der Waals surface area contributed by atoms with E-state index >= 15 is 0 Å². The van der Waals surface area contributed by atoms with E-state index in [0.29, 0.717) is 11.3 Å². The number of amides is 1. The fourth-order valence-corrected chi connectivity index (χ4v) is 2.21. The topological polar surface area (TPSA) is 55.1 Å². The number of aryl methyl sites for hydroxylation is 2. The van der Waals surface area contributed by atoms with Crippen molar-refractivity contribution in [2.24, 2.45) is 0 Å². The van der Waals surface area contributed by atoms with E-state index in [0.717, 1.165) is 21.3 Å². The van der Waals surface area contributed by atoms with E-state index in [1.807, 2.05) is 32.0 Å². The molecule has 2 aromatic carbocycles. The van der Waals surface area contributed by atoms with Crippen LogP contribution in [-0.2, 0) is 0 Å². The third-order valence-electron chi connectivity index (χ3n) is 2.87.